The fourth-order valence-corrected chi connectivity index (χ4v) is 4.09. The van der Waals surface area contributed by atoms with E-state index in [-0.39, 0.29) is 12.8 Å². The van der Waals surface area contributed by atoms with Crippen LogP contribution in [0.1, 0.15) is 66.7 Å². The van der Waals surface area contributed by atoms with Crippen LogP contribution in [0.25, 0.3) is 0 Å². The summed E-state index contributed by atoms with van der Waals surface area (Å²) in [6.45, 7) is 0. The van der Waals surface area contributed by atoms with Crippen LogP contribution in [-0.4, -0.2) is 30.4 Å². The van der Waals surface area contributed by atoms with E-state index >= 15 is 0 Å². The molecule has 0 saturated heterocycles. The van der Waals surface area contributed by atoms with Crippen LogP contribution in [0.3, 0.4) is 0 Å². The molecule has 2 aliphatic carbocycles. The molecule has 3 rings (SSSR count). The molecule has 1 aromatic rings. The van der Waals surface area contributed by atoms with Gasteiger partial charge in [0.15, 0.2) is 0 Å². The van der Waals surface area contributed by atoms with Gasteiger partial charge in [0, 0.05) is 23.1 Å². The standard InChI is InChI=1S/C17H22O5/c1-21-13-8-11(12(18)5-6-14(19)20)17(22-2)16-10-4-3-9(7-10)15(13)16/h8-10,12,18H,3-7H2,1-2H3,(H,19,20). The van der Waals surface area contributed by atoms with Crippen molar-refractivity contribution in [1.82, 2.24) is 0 Å². The van der Waals surface area contributed by atoms with Gasteiger partial charge in [0.05, 0.1) is 20.3 Å². The minimum atomic E-state index is -0.912. The van der Waals surface area contributed by atoms with Gasteiger partial charge in [-0.3, -0.25) is 4.79 Å². The Labute approximate surface area is 129 Å². The van der Waals surface area contributed by atoms with Gasteiger partial charge < -0.3 is 19.7 Å². The zero-order valence-corrected chi connectivity index (χ0v) is 13.0. The van der Waals surface area contributed by atoms with Crippen LogP contribution in [0.15, 0.2) is 6.07 Å². The van der Waals surface area contributed by atoms with Crippen molar-refractivity contribution in [2.75, 3.05) is 14.2 Å². The molecular weight excluding hydrogens is 284 g/mol. The quantitative estimate of drug-likeness (QED) is 0.845. The van der Waals surface area contributed by atoms with Gasteiger partial charge in [0.1, 0.15) is 11.5 Å². The molecule has 120 valence electrons. The molecule has 0 amide bonds. The summed E-state index contributed by atoms with van der Waals surface area (Å²) in [6, 6.07) is 1.82. The van der Waals surface area contributed by atoms with E-state index in [4.69, 9.17) is 14.6 Å². The molecule has 0 heterocycles. The third kappa shape index (κ3) is 2.33. The number of methoxy groups -OCH3 is 2. The lowest BCUT2D eigenvalue weighted by Gasteiger charge is -2.25. The summed E-state index contributed by atoms with van der Waals surface area (Å²) in [5, 5.41) is 19.2. The highest BCUT2D eigenvalue weighted by atomic mass is 16.5. The highest BCUT2D eigenvalue weighted by molar-refractivity contribution is 5.67. The van der Waals surface area contributed by atoms with Crippen LogP contribution in [0.5, 0.6) is 11.5 Å². The summed E-state index contributed by atoms with van der Waals surface area (Å²) >= 11 is 0. The number of carbonyl (C=O) groups is 1. The first-order chi connectivity index (χ1) is 10.6. The monoisotopic (exact) mass is 306 g/mol. The van der Waals surface area contributed by atoms with Crippen LogP contribution in [0, 0.1) is 0 Å². The number of aliphatic hydroxyl groups is 1. The molecule has 22 heavy (non-hydrogen) atoms. The summed E-state index contributed by atoms with van der Waals surface area (Å²) in [4.78, 5) is 10.7. The number of benzene rings is 1. The van der Waals surface area contributed by atoms with Crippen LogP contribution in [0.2, 0.25) is 0 Å². The second kappa shape index (κ2) is 5.80. The molecule has 3 unspecified atom stereocenters. The van der Waals surface area contributed by atoms with Crippen LogP contribution < -0.4 is 9.47 Å². The number of fused-ring (bicyclic) bond motifs is 5. The van der Waals surface area contributed by atoms with E-state index in [1.165, 1.54) is 17.5 Å². The maximum absolute atomic E-state index is 10.7. The Morgan fingerprint density at radius 2 is 1.95 bits per heavy atom. The normalized spacial score (nSPS) is 23.2. The van der Waals surface area contributed by atoms with Crippen LogP contribution in [0.4, 0.5) is 0 Å². The van der Waals surface area contributed by atoms with Crippen molar-refractivity contribution in [2.45, 2.75) is 50.0 Å². The molecule has 0 spiro atoms. The average molecular weight is 306 g/mol. The Balaban J connectivity index is 2.04. The van der Waals surface area contributed by atoms with Crippen molar-refractivity contribution in [3.63, 3.8) is 0 Å². The molecule has 0 aliphatic heterocycles. The zero-order chi connectivity index (χ0) is 15.9. The van der Waals surface area contributed by atoms with E-state index < -0.39 is 12.1 Å². The van der Waals surface area contributed by atoms with Gasteiger partial charge in [-0.2, -0.15) is 0 Å². The van der Waals surface area contributed by atoms with Crippen LogP contribution in [-0.2, 0) is 4.79 Å². The van der Waals surface area contributed by atoms with E-state index in [0.717, 1.165) is 24.3 Å². The Bertz CT molecular complexity index is 595. The molecule has 5 heteroatoms. The molecule has 1 aromatic carbocycles. The maximum Gasteiger partial charge on any atom is 0.303 e. The van der Waals surface area contributed by atoms with Crippen molar-refractivity contribution >= 4 is 5.97 Å². The van der Waals surface area contributed by atoms with Crippen LogP contribution >= 0.6 is 0 Å². The van der Waals surface area contributed by atoms with E-state index in [1.807, 2.05) is 6.07 Å². The first-order valence-corrected chi connectivity index (χ1v) is 7.75. The molecule has 0 aromatic heterocycles. The topological polar surface area (TPSA) is 76.0 Å². The average Bonchev–Trinajstić information content (AvgIpc) is 3.12. The van der Waals surface area contributed by atoms with Gasteiger partial charge in [-0.25, -0.2) is 0 Å². The van der Waals surface area contributed by atoms with Crippen molar-refractivity contribution in [3.05, 3.63) is 22.8 Å². The second-order valence-electron chi connectivity index (χ2n) is 6.18. The van der Waals surface area contributed by atoms with E-state index in [0.29, 0.717) is 17.4 Å². The molecule has 5 nitrogen and oxygen atoms in total. The molecule has 1 saturated carbocycles. The number of carboxylic acids is 1. The highest BCUT2D eigenvalue weighted by Crippen LogP contribution is 2.60. The van der Waals surface area contributed by atoms with Gasteiger partial charge in [0.2, 0.25) is 0 Å². The number of ether oxygens (including phenoxy) is 2. The Morgan fingerprint density at radius 3 is 2.55 bits per heavy atom. The van der Waals surface area contributed by atoms with Gasteiger partial charge in [-0.05, 0) is 43.6 Å². The minimum Gasteiger partial charge on any atom is -0.496 e. The van der Waals surface area contributed by atoms with Gasteiger partial charge in [-0.15, -0.1) is 0 Å². The van der Waals surface area contributed by atoms with Gasteiger partial charge in [0.25, 0.3) is 0 Å². The smallest absolute Gasteiger partial charge is 0.303 e. The fraction of sp³-hybridized carbons (Fsp3) is 0.588. The summed E-state index contributed by atoms with van der Waals surface area (Å²) in [7, 11) is 3.25. The molecule has 0 radical (unpaired) electrons. The number of hydrogen-bond acceptors (Lipinski definition) is 4. The lowest BCUT2D eigenvalue weighted by Crippen LogP contribution is -2.10. The number of hydrogen-bond donors (Lipinski definition) is 2. The SMILES string of the molecule is COc1cc(C(O)CCC(=O)O)c(OC)c2c1C1CCC2C1. The Morgan fingerprint density at radius 1 is 1.27 bits per heavy atom. The van der Waals surface area contributed by atoms with Crippen molar-refractivity contribution in [1.29, 1.82) is 0 Å². The third-order valence-electron chi connectivity index (χ3n) is 5.01. The lowest BCUT2D eigenvalue weighted by atomic mass is 9.87. The summed E-state index contributed by atoms with van der Waals surface area (Å²) in [5.74, 6) is 1.60. The Kier molecular flexibility index (Phi) is 4.00. The first-order valence-electron chi connectivity index (χ1n) is 7.75. The predicted molar refractivity (Wildman–Crippen MR) is 80.7 cm³/mol. The fourth-order valence-electron chi connectivity index (χ4n) is 4.09. The number of aliphatic carboxylic acids is 1. The molecule has 2 N–H and O–H groups in total. The van der Waals surface area contributed by atoms with E-state index in [1.54, 1.807) is 14.2 Å². The number of carboxylic acid groups (broad SMARTS) is 1. The Hall–Kier alpha value is -1.75. The minimum absolute atomic E-state index is 0.0736. The van der Waals surface area contributed by atoms with Gasteiger partial charge >= 0.3 is 5.97 Å². The molecule has 2 aliphatic rings. The molecule has 1 fully saturated rings. The predicted octanol–water partition coefficient (Wildman–Crippen LogP) is 2.97. The lowest BCUT2D eigenvalue weighted by molar-refractivity contribution is -0.137. The summed E-state index contributed by atoms with van der Waals surface area (Å²) < 4.78 is 11.1. The molecule has 3 atom stereocenters. The highest BCUT2D eigenvalue weighted by Gasteiger charge is 2.42. The zero-order valence-electron chi connectivity index (χ0n) is 13.0. The van der Waals surface area contributed by atoms with Crippen molar-refractivity contribution in [3.8, 4) is 11.5 Å². The molecule has 2 bridgehead atoms. The molecular formula is C17H22O5. The summed E-state index contributed by atoms with van der Waals surface area (Å²) in [5.41, 5.74) is 3.04. The van der Waals surface area contributed by atoms with Gasteiger partial charge in [-0.1, -0.05) is 0 Å². The maximum atomic E-state index is 10.7. The number of rotatable bonds is 6. The van der Waals surface area contributed by atoms with E-state index in [2.05, 4.69) is 0 Å². The largest absolute Gasteiger partial charge is 0.496 e. The summed E-state index contributed by atoms with van der Waals surface area (Å²) in [6.07, 6.45) is 2.68. The first kappa shape index (κ1) is 15.2. The second-order valence-corrected chi connectivity index (χ2v) is 6.18. The van der Waals surface area contributed by atoms with Crippen molar-refractivity contribution in [2.24, 2.45) is 0 Å². The third-order valence-corrected chi connectivity index (χ3v) is 5.01. The van der Waals surface area contributed by atoms with E-state index in [9.17, 15) is 9.90 Å². The number of aliphatic hydroxyl groups excluding tert-OH is 1. The van der Waals surface area contributed by atoms with Crippen molar-refractivity contribution < 1.29 is 24.5 Å².